The fraction of sp³-hybridized carbons (Fsp3) is 0.222. The predicted molar refractivity (Wildman–Crippen MR) is 50.5 cm³/mol. The van der Waals surface area contributed by atoms with E-state index in [0.717, 1.165) is 5.56 Å². The average Bonchev–Trinajstić information content (AvgIpc) is 1.99. The first-order valence-electron chi connectivity index (χ1n) is 3.74. The summed E-state index contributed by atoms with van der Waals surface area (Å²) < 4.78 is 13.1. The molecule has 0 aliphatic carbocycles. The fourth-order valence-electron chi connectivity index (χ4n) is 0.943. The Balaban J connectivity index is 3.08. The Kier molecular flexibility index (Phi) is 2.88. The molecule has 70 valence electrons. The monoisotopic (exact) mass is 201 g/mol. The summed E-state index contributed by atoms with van der Waals surface area (Å²) in [6.07, 6.45) is 0. The molecular formula is C9H9ClFNO. The number of amides is 1. The topological polar surface area (TPSA) is 29.1 Å². The van der Waals surface area contributed by atoms with Gasteiger partial charge in [-0.2, -0.15) is 0 Å². The minimum absolute atomic E-state index is 0.161. The van der Waals surface area contributed by atoms with Gasteiger partial charge in [0.2, 0.25) is 5.91 Å². The molecule has 0 aliphatic rings. The molecule has 0 saturated carbocycles. The van der Waals surface area contributed by atoms with E-state index in [4.69, 9.17) is 11.6 Å². The van der Waals surface area contributed by atoms with Crippen molar-refractivity contribution in [3.63, 3.8) is 0 Å². The highest BCUT2D eigenvalue weighted by Gasteiger charge is 2.06. The summed E-state index contributed by atoms with van der Waals surface area (Å²) in [5.41, 5.74) is 0.890. The van der Waals surface area contributed by atoms with Gasteiger partial charge in [0, 0.05) is 11.9 Å². The van der Waals surface area contributed by atoms with Gasteiger partial charge >= 0.3 is 0 Å². The molecule has 0 heterocycles. The van der Waals surface area contributed by atoms with Crippen molar-refractivity contribution in [2.24, 2.45) is 0 Å². The van der Waals surface area contributed by atoms with Crippen LogP contribution in [0.1, 0.15) is 12.5 Å². The quantitative estimate of drug-likeness (QED) is 0.744. The van der Waals surface area contributed by atoms with Gasteiger partial charge in [-0.3, -0.25) is 4.79 Å². The van der Waals surface area contributed by atoms with Crippen molar-refractivity contribution in [2.75, 3.05) is 5.32 Å². The van der Waals surface area contributed by atoms with Crippen molar-refractivity contribution in [1.29, 1.82) is 0 Å². The maximum absolute atomic E-state index is 13.1. The minimum atomic E-state index is -0.522. The molecule has 0 atom stereocenters. The lowest BCUT2D eigenvalue weighted by Crippen LogP contribution is -2.07. The van der Waals surface area contributed by atoms with Gasteiger partial charge in [-0.05, 0) is 24.6 Å². The second-order valence-corrected chi connectivity index (χ2v) is 3.17. The highest BCUT2D eigenvalue weighted by Crippen LogP contribution is 2.23. The van der Waals surface area contributed by atoms with Crippen molar-refractivity contribution in [3.05, 3.63) is 28.5 Å². The van der Waals surface area contributed by atoms with Crippen molar-refractivity contribution in [1.82, 2.24) is 0 Å². The molecule has 0 aliphatic heterocycles. The summed E-state index contributed by atoms with van der Waals surface area (Å²) in [6, 6.07) is 2.68. The Morgan fingerprint density at radius 3 is 2.69 bits per heavy atom. The van der Waals surface area contributed by atoms with Crippen molar-refractivity contribution < 1.29 is 9.18 Å². The van der Waals surface area contributed by atoms with E-state index in [0.29, 0.717) is 5.02 Å². The van der Waals surface area contributed by atoms with Crippen LogP contribution in [-0.2, 0) is 4.79 Å². The van der Waals surface area contributed by atoms with E-state index in [9.17, 15) is 9.18 Å². The molecule has 1 N–H and O–H groups in total. The van der Waals surface area contributed by atoms with Crippen LogP contribution >= 0.6 is 11.6 Å². The smallest absolute Gasteiger partial charge is 0.221 e. The van der Waals surface area contributed by atoms with Crippen LogP contribution in [-0.4, -0.2) is 5.91 Å². The molecule has 0 unspecified atom stereocenters. The number of benzene rings is 1. The van der Waals surface area contributed by atoms with Crippen molar-refractivity contribution in [2.45, 2.75) is 13.8 Å². The largest absolute Gasteiger partial charge is 0.324 e. The number of rotatable bonds is 1. The van der Waals surface area contributed by atoms with Crippen LogP contribution in [0.25, 0.3) is 0 Å². The lowest BCUT2D eigenvalue weighted by molar-refractivity contribution is -0.114. The summed E-state index contributed by atoms with van der Waals surface area (Å²) in [5, 5.41) is 2.72. The van der Waals surface area contributed by atoms with Gasteiger partial charge in [0.1, 0.15) is 5.82 Å². The molecule has 1 aromatic carbocycles. The highest BCUT2D eigenvalue weighted by molar-refractivity contribution is 6.31. The molecule has 1 amide bonds. The van der Waals surface area contributed by atoms with Gasteiger partial charge in [0.15, 0.2) is 0 Å². The summed E-state index contributed by atoms with van der Waals surface area (Å²) in [5.74, 6) is -0.827. The van der Waals surface area contributed by atoms with Crippen LogP contribution in [0.15, 0.2) is 12.1 Å². The second-order valence-electron chi connectivity index (χ2n) is 2.76. The zero-order chi connectivity index (χ0) is 10.0. The summed E-state index contributed by atoms with van der Waals surface area (Å²) in [4.78, 5) is 10.7. The van der Waals surface area contributed by atoms with Crippen molar-refractivity contribution in [3.8, 4) is 0 Å². The second kappa shape index (κ2) is 3.75. The van der Waals surface area contributed by atoms with Crippen LogP contribution in [0.3, 0.4) is 0 Å². The van der Waals surface area contributed by atoms with E-state index in [1.165, 1.54) is 19.1 Å². The minimum Gasteiger partial charge on any atom is -0.324 e. The molecule has 4 heteroatoms. The maximum atomic E-state index is 13.1. The molecule has 1 aromatic rings. The van der Waals surface area contributed by atoms with E-state index in [2.05, 4.69) is 5.32 Å². The first kappa shape index (κ1) is 9.99. The number of aryl methyl sites for hydroxylation is 1. The predicted octanol–water partition coefficient (Wildman–Crippen LogP) is 2.75. The number of hydrogen-bond donors (Lipinski definition) is 1. The van der Waals surface area contributed by atoms with Crippen LogP contribution in [0.4, 0.5) is 10.1 Å². The maximum Gasteiger partial charge on any atom is 0.221 e. The van der Waals surface area contributed by atoms with Crippen LogP contribution in [0.2, 0.25) is 5.02 Å². The van der Waals surface area contributed by atoms with Gasteiger partial charge in [0.05, 0.1) is 5.69 Å². The Morgan fingerprint density at radius 1 is 1.54 bits per heavy atom. The number of halogens is 2. The summed E-state index contributed by atoms with van der Waals surface area (Å²) in [6.45, 7) is 3.07. The van der Waals surface area contributed by atoms with Gasteiger partial charge in [-0.1, -0.05) is 11.6 Å². The van der Waals surface area contributed by atoms with Crippen LogP contribution in [0, 0.1) is 12.7 Å². The van der Waals surface area contributed by atoms with E-state index in [1.54, 1.807) is 6.92 Å². The van der Waals surface area contributed by atoms with Crippen LogP contribution < -0.4 is 5.32 Å². The molecule has 0 bridgehead atoms. The third kappa shape index (κ3) is 2.42. The molecule has 0 aromatic heterocycles. The highest BCUT2D eigenvalue weighted by atomic mass is 35.5. The van der Waals surface area contributed by atoms with Gasteiger partial charge in [-0.25, -0.2) is 4.39 Å². The molecule has 0 saturated heterocycles. The molecule has 13 heavy (non-hydrogen) atoms. The standard InChI is InChI=1S/C9H9ClFNO/c1-5-3-9(12-6(2)13)8(11)4-7(5)10/h3-4H,1-2H3,(H,12,13). The van der Waals surface area contributed by atoms with Gasteiger partial charge < -0.3 is 5.32 Å². The fourth-order valence-corrected chi connectivity index (χ4v) is 1.09. The SMILES string of the molecule is CC(=O)Nc1cc(C)c(Cl)cc1F. The first-order chi connectivity index (χ1) is 6.00. The van der Waals surface area contributed by atoms with E-state index < -0.39 is 5.82 Å². The number of nitrogens with one attached hydrogen (secondary N) is 1. The lowest BCUT2D eigenvalue weighted by Gasteiger charge is -2.05. The Hall–Kier alpha value is -1.09. The van der Waals surface area contributed by atoms with Crippen LogP contribution in [0.5, 0.6) is 0 Å². The molecule has 1 rings (SSSR count). The lowest BCUT2D eigenvalue weighted by atomic mass is 10.2. The normalized spacial score (nSPS) is 9.85. The third-order valence-corrected chi connectivity index (χ3v) is 1.97. The number of carbonyl (C=O) groups excluding carboxylic acids is 1. The first-order valence-corrected chi connectivity index (χ1v) is 4.11. The molecule has 2 nitrogen and oxygen atoms in total. The van der Waals surface area contributed by atoms with Gasteiger partial charge in [-0.15, -0.1) is 0 Å². The Labute approximate surface area is 80.7 Å². The van der Waals surface area contributed by atoms with Gasteiger partial charge in [0.25, 0.3) is 0 Å². The Morgan fingerprint density at radius 2 is 2.15 bits per heavy atom. The zero-order valence-corrected chi connectivity index (χ0v) is 8.07. The number of hydrogen-bond acceptors (Lipinski definition) is 1. The third-order valence-electron chi connectivity index (χ3n) is 1.56. The average molecular weight is 202 g/mol. The molecule has 0 fully saturated rings. The number of carbonyl (C=O) groups is 1. The molecule has 0 radical (unpaired) electrons. The van der Waals surface area contributed by atoms with Crippen molar-refractivity contribution >= 4 is 23.2 Å². The van der Waals surface area contributed by atoms with E-state index in [-0.39, 0.29) is 11.6 Å². The summed E-state index contributed by atoms with van der Waals surface area (Å²) >= 11 is 5.67. The Bertz CT molecular complexity index is 352. The van der Waals surface area contributed by atoms with E-state index in [1.807, 2.05) is 0 Å². The van der Waals surface area contributed by atoms with E-state index >= 15 is 0 Å². The molecular weight excluding hydrogens is 193 g/mol. The molecule has 0 spiro atoms. The number of anilines is 1. The zero-order valence-electron chi connectivity index (χ0n) is 7.32. The summed E-state index contributed by atoms with van der Waals surface area (Å²) in [7, 11) is 0.